The maximum Gasteiger partial charge on any atom is 0.318 e. The highest BCUT2D eigenvalue weighted by Gasteiger charge is 2.37. The monoisotopic (exact) mass is 436 g/mol. The molecule has 4 heterocycles. The molecule has 3 aromatic rings. The molecular formula is C22H24N6O4. The van der Waals surface area contributed by atoms with Gasteiger partial charge in [0.05, 0.1) is 24.3 Å². The number of H-pyrrole nitrogens is 1. The first-order valence-electron chi connectivity index (χ1n) is 11.1. The Morgan fingerprint density at radius 3 is 2.94 bits per heavy atom. The Hall–Kier alpha value is -3.56. The van der Waals surface area contributed by atoms with E-state index in [-0.39, 0.29) is 24.9 Å². The van der Waals surface area contributed by atoms with Gasteiger partial charge >= 0.3 is 6.03 Å². The fraction of sp³-hybridized carbons (Fsp3) is 0.455. The van der Waals surface area contributed by atoms with E-state index in [0.717, 1.165) is 42.6 Å². The quantitative estimate of drug-likeness (QED) is 0.646. The third kappa shape index (κ3) is 3.45. The van der Waals surface area contributed by atoms with Crippen LogP contribution in [-0.4, -0.2) is 43.9 Å². The zero-order valence-corrected chi connectivity index (χ0v) is 17.5. The number of nitrogens with one attached hydrogen (secondary N) is 2. The fourth-order valence-corrected chi connectivity index (χ4v) is 4.70. The maximum absolute atomic E-state index is 13.2. The molecule has 10 nitrogen and oxygen atoms in total. The van der Waals surface area contributed by atoms with Crippen LogP contribution in [0.25, 0.3) is 11.4 Å². The van der Waals surface area contributed by atoms with Crippen LogP contribution in [0.1, 0.15) is 55.4 Å². The number of ether oxygens (including phenoxy) is 2. The molecule has 1 fully saturated rings. The number of carbonyl (C=O) groups excluding carboxylic acids is 1. The SMILES string of the molecule is O=C(NC1CCCCC1)N1Cc2[nH]cnc2C[C@H]1c1nc(-c2ccc3c(c2)OCO3)no1. The molecule has 3 aliphatic rings. The molecule has 2 N–H and O–H groups in total. The normalized spacial score (nSPS) is 20.2. The number of fused-ring (bicyclic) bond motifs is 2. The molecule has 1 aliphatic carbocycles. The van der Waals surface area contributed by atoms with E-state index in [1.165, 1.54) is 6.42 Å². The van der Waals surface area contributed by atoms with Gasteiger partial charge in [-0.1, -0.05) is 24.4 Å². The van der Waals surface area contributed by atoms with Crippen LogP contribution in [0.5, 0.6) is 11.5 Å². The molecule has 1 atom stereocenters. The lowest BCUT2D eigenvalue weighted by molar-refractivity contribution is 0.138. The van der Waals surface area contributed by atoms with Crippen molar-refractivity contribution in [3.8, 4) is 22.9 Å². The van der Waals surface area contributed by atoms with Crippen LogP contribution in [0.2, 0.25) is 0 Å². The molecule has 166 valence electrons. The molecule has 1 aromatic carbocycles. The predicted octanol–water partition coefficient (Wildman–Crippen LogP) is 3.33. The first-order valence-corrected chi connectivity index (χ1v) is 11.1. The third-order valence-electron chi connectivity index (χ3n) is 6.45. The highest BCUT2D eigenvalue weighted by Crippen LogP contribution is 2.36. The number of aromatic nitrogens is 4. The molecule has 0 spiro atoms. The van der Waals surface area contributed by atoms with Crippen LogP contribution in [0.15, 0.2) is 29.0 Å². The molecule has 2 aromatic heterocycles. The number of aromatic amines is 1. The lowest BCUT2D eigenvalue weighted by Crippen LogP contribution is -2.48. The number of hydrogen-bond acceptors (Lipinski definition) is 7. The summed E-state index contributed by atoms with van der Waals surface area (Å²) in [5, 5.41) is 7.38. The Bertz CT molecular complexity index is 1140. The molecular weight excluding hydrogens is 412 g/mol. The van der Waals surface area contributed by atoms with Crippen molar-refractivity contribution in [3.63, 3.8) is 0 Å². The minimum Gasteiger partial charge on any atom is -0.454 e. The van der Waals surface area contributed by atoms with E-state index in [1.54, 1.807) is 11.2 Å². The van der Waals surface area contributed by atoms with Crippen LogP contribution in [0.3, 0.4) is 0 Å². The largest absolute Gasteiger partial charge is 0.454 e. The standard InChI is InChI=1S/C22H24N6O4/c29-22(25-14-4-2-1-3-5-14)28-10-16-15(23-11-24-16)9-17(28)21-26-20(27-32-21)13-6-7-18-19(8-13)31-12-30-18/h6-8,11,14,17H,1-5,9-10,12H2,(H,23,24)(H,25,29)/t17-/m0/s1. The van der Waals surface area contributed by atoms with Gasteiger partial charge in [0, 0.05) is 18.0 Å². The summed E-state index contributed by atoms with van der Waals surface area (Å²) in [5.74, 6) is 2.19. The predicted molar refractivity (Wildman–Crippen MR) is 112 cm³/mol. The van der Waals surface area contributed by atoms with Crippen molar-refractivity contribution in [2.24, 2.45) is 0 Å². The smallest absolute Gasteiger partial charge is 0.318 e. The molecule has 32 heavy (non-hydrogen) atoms. The van der Waals surface area contributed by atoms with Crippen LogP contribution >= 0.6 is 0 Å². The molecule has 1 saturated carbocycles. The highest BCUT2D eigenvalue weighted by molar-refractivity contribution is 5.75. The molecule has 10 heteroatoms. The van der Waals surface area contributed by atoms with Crippen LogP contribution in [0, 0.1) is 0 Å². The summed E-state index contributed by atoms with van der Waals surface area (Å²) in [5.41, 5.74) is 2.62. The number of nitrogens with zero attached hydrogens (tertiary/aromatic N) is 4. The van der Waals surface area contributed by atoms with E-state index in [2.05, 4.69) is 25.4 Å². The third-order valence-corrected chi connectivity index (χ3v) is 6.45. The van der Waals surface area contributed by atoms with Crippen LogP contribution in [0.4, 0.5) is 4.79 Å². The second-order valence-corrected chi connectivity index (χ2v) is 8.48. The van der Waals surface area contributed by atoms with Crippen molar-refractivity contribution in [1.29, 1.82) is 0 Å². The molecule has 0 unspecified atom stereocenters. The number of hydrogen-bond donors (Lipinski definition) is 2. The molecule has 0 saturated heterocycles. The van der Waals surface area contributed by atoms with Gasteiger partial charge in [0.1, 0.15) is 6.04 Å². The van der Waals surface area contributed by atoms with Crippen molar-refractivity contribution >= 4 is 6.03 Å². The van der Waals surface area contributed by atoms with Gasteiger partial charge in [0.15, 0.2) is 11.5 Å². The Morgan fingerprint density at radius 2 is 2.03 bits per heavy atom. The Balaban J connectivity index is 1.27. The van der Waals surface area contributed by atoms with E-state index < -0.39 is 0 Å². The number of amides is 2. The number of benzene rings is 1. The van der Waals surface area contributed by atoms with Crippen molar-refractivity contribution in [2.75, 3.05) is 6.79 Å². The van der Waals surface area contributed by atoms with E-state index in [4.69, 9.17) is 14.0 Å². The number of imidazole rings is 1. The summed E-state index contributed by atoms with van der Waals surface area (Å²) in [6.45, 7) is 0.621. The summed E-state index contributed by atoms with van der Waals surface area (Å²) in [6, 6.07) is 5.25. The van der Waals surface area contributed by atoms with Crippen molar-refractivity contribution in [3.05, 3.63) is 41.8 Å². The van der Waals surface area contributed by atoms with Crippen molar-refractivity contribution in [1.82, 2.24) is 30.3 Å². The molecule has 6 rings (SSSR count). The van der Waals surface area contributed by atoms with Gasteiger partial charge in [-0.25, -0.2) is 9.78 Å². The topological polar surface area (TPSA) is 118 Å². The van der Waals surface area contributed by atoms with Gasteiger partial charge in [-0.2, -0.15) is 4.98 Å². The number of carbonyl (C=O) groups is 1. The van der Waals surface area contributed by atoms with Gasteiger partial charge in [-0.05, 0) is 31.0 Å². The van der Waals surface area contributed by atoms with E-state index >= 15 is 0 Å². The lowest BCUT2D eigenvalue weighted by Gasteiger charge is -2.34. The first-order chi connectivity index (χ1) is 15.7. The Morgan fingerprint density at radius 1 is 1.16 bits per heavy atom. The van der Waals surface area contributed by atoms with Gasteiger partial charge in [0.25, 0.3) is 0 Å². The van der Waals surface area contributed by atoms with E-state index in [9.17, 15) is 4.79 Å². The van der Waals surface area contributed by atoms with Crippen molar-refractivity contribution < 1.29 is 18.8 Å². The fourth-order valence-electron chi connectivity index (χ4n) is 4.70. The van der Waals surface area contributed by atoms with Gasteiger partial charge < -0.3 is 29.2 Å². The van der Waals surface area contributed by atoms with Crippen molar-refractivity contribution in [2.45, 2.75) is 57.2 Å². The van der Waals surface area contributed by atoms with Gasteiger partial charge in [-0.3, -0.25) is 0 Å². The minimum absolute atomic E-state index is 0.107. The summed E-state index contributed by atoms with van der Waals surface area (Å²) >= 11 is 0. The van der Waals surface area contributed by atoms with E-state index in [0.29, 0.717) is 36.2 Å². The van der Waals surface area contributed by atoms with Gasteiger partial charge in [-0.15, -0.1) is 0 Å². The first kappa shape index (κ1) is 19.1. The average molecular weight is 436 g/mol. The number of urea groups is 1. The maximum atomic E-state index is 13.2. The summed E-state index contributed by atoms with van der Waals surface area (Å²) in [7, 11) is 0. The Labute approximate surface area is 184 Å². The zero-order valence-electron chi connectivity index (χ0n) is 17.5. The van der Waals surface area contributed by atoms with Crippen LogP contribution < -0.4 is 14.8 Å². The lowest BCUT2D eigenvalue weighted by atomic mass is 9.95. The Kier molecular flexibility index (Phi) is 4.70. The average Bonchev–Trinajstić information content (AvgIpc) is 3.58. The minimum atomic E-state index is -0.385. The summed E-state index contributed by atoms with van der Waals surface area (Å²) in [4.78, 5) is 27.2. The molecule has 2 amide bonds. The second kappa shape index (κ2) is 7.85. The van der Waals surface area contributed by atoms with Gasteiger partial charge in [0.2, 0.25) is 18.5 Å². The van der Waals surface area contributed by atoms with Crippen LogP contribution in [-0.2, 0) is 13.0 Å². The number of rotatable bonds is 3. The molecule has 0 bridgehead atoms. The summed E-state index contributed by atoms with van der Waals surface area (Å²) in [6.07, 6.45) is 7.77. The molecule has 2 aliphatic heterocycles. The van der Waals surface area contributed by atoms with E-state index in [1.807, 2.05) is 18.2 Å². The summed E-state index contributed by atoms with van der Waals surface area (Å²) < 4.78 is 16.5. The molecule has 0 radical (unpaired) electrons. The second-order valence-electron chi connectivity index (χ2n) is 8.48. The highest BCUT2D eigenvalue weighted by atomic mass is 16.7. The zero-order chi connectivity index (χ0) is 21.5.